The molecule has 2 heterocycles. The van der Waals surface area contributed by atoms with Gasteiger partial charge in [-0.25, -0.2) is 0 Å². The van der Waals surface area contributed by atoms with E-state index < -0.39 is 5.60 Å². The molecule has 3 rings (SSSR count). The fourth-order valence-corrected chi connectivity index (χ4v) is 3.22. The first kappa shape index (κ1) is 16.7. The summed E-state index contributed by atoms with van der Waals surface area (Å²) in [6.07, 6.45) is 9.40. The van der Waals surface area contributed by atoms with Gasteiger partial charge in [-0.15, -0.1) is 0 Å². The van der Waals surface area contributed by atoms with Gasteiger partial charge < -0.3 is 10.4 Å². The highest BCUT2D eigenvalue weighted by Crippen LogP contribution is 2.31. The van der Waals surface area contributed by atoms with Crippen LogP contribution in [0.1, 0.15) is 66.7 Å². The molecule has 7 heteroatoms. The van der Waals surface area contributed by atoms with Gasteiger partial charge in [-0.05, 0) is 25.8 Å². The molecule has 130 valence electrons. The van der Waals surface area contributed by atoms with Crippen LogP contribution < -0.4 is 5.32 Å². The lowest BCUT2D eigenvalue weighted by molar-refractivity contribution is 0.0524. The van der Waals surface area contributed by atoms with E-state index in [0.29, 0.717) is 17.2 Å². The topological polar surface area (TPSA) is 95.8 Å². The minimum Gasteiger partial charge on any atom is -0.383 e. The van der Waals surface area contributed by atoms with Crippen molar-refractivity contribution in [3.63, 3.8) is 0 Å². The van der Waals surface area contributed by atoms with Crippen LogP contribution in [0.3, 0.4) is 0 Å². The van der Waals surface area contributed by atoms with Gasteiger partial charge in [-0.3, -0.25) is 14.6 Å². The van der Waals surface area contributed by atoms with Gasteiger partial charge >= 0.3 is 0 Å². The van der Waals surface area contributed by atoms with E-state index in [4.69, 9.17) is 0 Å². The number of hydrogen-bond donors (Lipinski definition) is 3. The van der Waals surface area contributed by atoms with E-state index in [1.807, 2.05) is 6.07 Å². The van der Waals surface area contributed by atoms with Crippen LogP contribution in [-0.4, -0.2) is 37.5 Å². The SMILES string of the molecule is Cn1cc(C(C)(O)CNC(=O)c2cc(C3CCCCC3)[nH]n2)cn1. The molecule has 0 bridgehead atoms. The van der Waals surface area contributed by atoms with Crippen molar-refractivity contribution < 1.29 is 9.90 Å². The van der Waals surface area contributed by atoms with Crippen molar-refractivity contribution in [2.75, 3.05) is 6.54 Å². The van der Waals surface area contributed by atoms with Crippen LogP contribution in [0, 0.1) is 0 Å². The third-order valence-electron chi connectivity index (χ3n) is 4.80. The molecular formula is C17H25N5O2. The highest BCUT2D eigenvalue weighted by atomic mass is 16.3. The summed E-state index contributed by atoms with van der Waals surface area (Å²) in [5.41, 5.74) is 0.901. The number of hydrogen-bond acceptors (Lipinski definition) is 4. The van der Waals surface area contributed by atoms with Gasteiger partial charge in [0.1, 0.15) is 11.3 Å². The van der Waals surface area contributed by atoms with Crippen molar-refractivity contribution >= 4 is 5.91 Å². The molecule has 7 nitrogen and oxygen atoms in total. The summed E-state index contributed by atoms with van der Waals surface area (Å²) in [7, 11) is 1.79. The molecule has 1 atom stereocenters. The molecule has 1 aliphatic carbocycles. The first-order valence-electron chi connectivity index (χ1n) is 8.51. The Labute approximate surface area is 141 Å². The molecular weight excluding hydrogens is 306 g/mol. The van der Waals surface area contributed by atoms with Crippen molar-refractivity contribution in [3.05, 3.63) is 35.4 Å². The summed E-state index contributed by atoms with van der Waals surface area (Å²) in [6, 6.07) is 1.84. The predicted molar refractivity (Wildman–Crippen MR) is 89.5 cm³/mol. The Kier molecular flexibility index (Phi) is 4.71. The minimum absolute atomic E-state index is 0.100. The molecule has 1 saturated carbocycles. The number of nitrogens with one attached hydrogen (secondary N) is 2. The van der Waals surface area contributed by atoms with Crippen LogP contribution in [0.4, 0.5) is 0 Å². The Morgan fingerprint density at radius 1 is 1.46 bits per heavy atom. The lowest BCUT2D eigenvalue weighted by atomic mass is 9.87. The number of H-pyrrole nitrogens is 1. The van der Waals surface area contributed by atoms with Crippen LogP contribution in [-0.2, 0) is 12.6 Å². The summed E-state index contributed by atoms with van der Waals surface area (Å²) < 4.78 is 1.62. The maximum absolute atomic E-state index is 12.3. The van der Waals surface area contributed by atoms with E-state index in [9.17, 15) is 9.90 Å². The number of carbonyl (C=O) groups is 1. The van der Waals surface area contributed by atoms with E-state index in [1.54, 1.807) is 31.0 Å². The number of rotatable bonds is 5. The van der Waals surface area contributed by atoms with Crippen LogP contribution in [0.2, 0.25) is 0 Å². The number of amides is 1. The summed E-state index contributed by atoms with van der Waals surface area (Å²) >= 11 is 0. The molecule has 0 saturated heterocycles. The third-order valence-corrected chi connectivity index (χ3v) is 4.80. The number of aromatic nitrogens is 4. The van der Waals surface area contributed by atoms with E-state index in [1.165, 1.54) is 19.3 Å². The lowest BCUT2D eigenvalue weighted by Gasteiger charge is -2.22. The molecule has 1 aliphatic rings. The maximum Gasteiger partial charge on any atom is 0.271 e. The zero-order valence-electron chi connectivity index (χ0n) is 14.2. The first-order valence-corrected chi connectivity index (χ1v) is 8.51. The number of carbonyl (C=O) groups excluding carboxylic acids is 1. The Bertz CT molecular complexity index is 697. The van der Waals surface area contributed by atoms with Crippen LogP contribution in [0.15, 0.2) is 18.5 Å². The summed E-state index contributed by atoms with van der Waals surface area (Å²) in [6.45, 7) is 1.76. The third kappa shape index (κ3) is 3.67. The molecule has 1 fully saturated rings. The summed E-state index contributed by atoms with van der Waals surface area (Å²) in [5.74, 6) is 0.198. The van der Waals surface area contributed by atoms with E-state index in [2.05, 4.69) is 20.6 Å². The van der Waals surface area contributed by atoms with Crippen molar-refractivity contribution in [2.45, 2.75) is 50.5 Å². The molecule has 0 radical (unpaired) electrons. The molecule has 1 amide bonds. The maximum atomic E-state index is 12.3. The molecule has 0 aromatic carbocycles. The average Bonchev–Trinajstić information content (AvgIpc) is 3.23. The summed E-state index contributed by atoms with van der Waals surface area (Å²) in [4.78, 5) is 12.3. The molecule has 0 spiro atoms. The zero-order valence-corrected chi connectivity index (χ0v) is 14.2. The Hall–Kier alpha value is -2.15. The van der Waals surface area contributed by atoms with Crippen molar-refractivity contribution in [2.24, 2.45) is 7.05 Å². The smallest absolute Gasteiger partial charge is 0.271 e. The number of aromatic amines is 1. The van der Waals surface area contributed by atoms with Crippen molar-refractivity contribution in [1.82, 2.24) is 25.3 Å². The van der Waals surface area contributed by atoms with Gasteiger partial charge in [0.2, 0.25) is 0 Å². The normalized spacial score (nSPS) is 18.3. The standard InChI is InChI=1S/C17H25N5O2/c1-17(24,13-9-19-22(2)10-13)11-18-16(23)15-8-14(20-21-15)12-6-4-3-5-7-12/h8-10,12,24H,3-7,11H2,1-2H3,(H,18,23)(H,20,21). The van der Waals surface area contributed by atoms with Gasteiger partial charge in [0.05, 0.1) is 12.7 Å². The average molecular weight is 331 g/mol. The lowest BCUT2D eigenvalue weighted by Crippen LogP contribution is -2.38. The number of aryl methyl sites for hydroxylation is 1. The Morgan fingerprint density at radius 3 is 2.88 bits per heavy atom. The first-order chi connectivity index (χ1) is 11.5. The van der Waals surface area contributed by atoms with Crippen LogP contribution in [0.25, 0.3) is 0 Å². The Balaban J connectivity index is 1.60. The quantitative estimate of drug-likeness (QED) is 0.779. The van der Waals surface area contributed by atoms with E-state index in [0.717, 1.165) is 18.5 Å². The second-order valence-corrected chi connectivity index (χ2v) is 6.90. The highest BCUT2D eigenvalue weighted by molar-refractivity contribution is 5.92. The number of nitrogens with zero attached hydrogens (tertiary/aromatic N) is 3. The fourth-order valence-electron chi connectivity index (χ4n) is 3.22. The van der Waals surface area contributed by atoms with E-state index >= 15 is 0 Å². The molecule has 24 heavy (non-hydrogen) atoms. The predicted octanol–water partition coefficient (Wildman–Crippen LogP) is 1.83. The van der Waals surface area contributed by atoms with Gasteiger partial charge in [-0.2, -0.15) is 10.2 Å². The largest absolute Gasteiger partial charge is 0.383 e. The van der Waals surface area contributed by atoms with Gasteiger partial charge in [0.15, 0.2) is 0 Å². The van der Waals surface area contributed by atoms with Crippen LogP contribution in [0.5, 0.6) is 0 Å². The van der Waals surface area contributed by atoms with Crippen molar-refractivity contribution in [3.8, 4) is 0 Å². The minimum atomic E-state index is -1.17. The monoisotopic (exact) mass is 331 g/mol. The van der Waals surface area contributed by atoms with E-state index in [-0.39, 0.29) is 12.5 Å². The molecule has 1 unspecified atom stereocenters. The molecule has 3 N–H and O–H groups in total. The second kappa shape index (κ2) is 6.76. The second-order valence-electron chi connectivity index (χ2n) is 6.90. The fraction of sp³-hybridized carbons (Fsp3) is 0.588. The van der Waals surface area contributed by atoms with Gasteiger partial charge in [0, 0.05) is 30.4 Å². The number of aliphatic hydroxyl groups is 1. The van der Waals surface area contributed by atoms with Crippen molar-refractivity contribution in [1.29, 1.82) is 0 Å². The van der Waals surface area contributed by atoms with Gasteiger partial charge in [-0.1, -0.05) is 19.3 Å². The van der Waals surface area contributed by atoms with Gasteiger partial charge in [0.25, 0.3) is 5.91 Å². The Morgan fingerprint density at radius 2 is 2.21 bits per heavy atom. The molecule has 0 aliphatic heterocycles. The molecule has 2 aromatic heterocycles. The van der Waals surface area contributed by atoms with Crippen LogP contribution >= 0.6 is 0 Å². The molecule has 2 aromatic rings. The highest BCUT2D eigenvalue weighted by Gasteiger charge is 2.26. The zero-order chi connectivity index (χ0) is 17.2. The summed E-state index contributed by atoms with van der Waals surface area (Å²) in [5, 5.41) is 24.4.